The topological polar surface area (TPSA) is 187 Å². The Morgan fingerprint density at radius 2 is 1.53 bits per heavy atom. The van der Waals surface area contributed by atoms with E-state index in [2.05, 4.69) is 45.1 Å². The van der Waals surface area contributed by atoms with Crippen LogP contribution in [0, 0.1) is 17.8 Å². The maximum Gasteiger partial charge on any atom is 0.410 e. The highest BCUT2D eigenvalue weighted by atomic mass is 16.6. The van der Waals surface area contributed by atoms with Gasteiger partial charge in [0.15, 0.2) is 5.78 Å². The average molecular weight is 770 g/mol. The number of aliphatic imine (C=N–C) groups is 1. The number of ether oxygens (including phenoxy) is 1. The summed E-state index contributed by atoms with van der Waals surface area (Å²) in [6, 6.07) is 3.59. The van der Waals surface area contributed by atoms with Gasteiger partial charge in [0, 0.05) is 32.7 Å². The van der Waals surface area contributed by atoms with E-state index in [1.165, 1.54) is 18.9 Å². The fraction of sp³-hybridized carbons (Fsp3) is 0.634. The summed E-state index contributed by atoms with van der Waals surface area (Å²) in [5.74, 6) is -1.50. The molecule has 0 spiro atoms. The van der Waals surface area contributed by atoms with Gasteiger partial charge >= 0.3 is 12.1 Å². The molecule has 0 aliphatic rings. The minimum absolute atomic E-state index is 0.0197. The number of hydrogen-bond donors (Lipinski definition) is 5. The molecule has 4 atom stereocenters. The van der Waals surface area contributed by atoms with Crippen molar-refractivity contribution in [1.29, 1.82) is 0 Å². The lowest BCUT2D eigenvalue weighted by Crippen LogP contribution is -2.54. The molecule has 308 valence electrons. The number of rotatable bonds is 24. The number of nitrogens with one attached hydrogen (secondary N) is 5. The van der Waals surface area contributed by atoms with Crippen LogP contribution >= 0.6 is 0 Å². The molecule has 0 heterocycles. The second-order valence-electron chi connectivity index (χ2n) is 14.9. The summed E-state index contributed by atoms with van der Waals surface area (Å²) >= 11 is 0. The zero-order valence-electron chi connectivity index (χ0n) is 34.8. The van der Waals surface area contributed by atoms with Crippen molar-refractivity contribution in [3.63, 3.8) is 0 Å². The van der Waals surface area contributed by atoms with Crippen molar-refractivity contribution in [3.8, 4) is 0 Å². The number of hydrogen-bond acceptors (Lipinski definition) is 8. The number of benzene rings is 1. The summed E-state index contributed by atoms with van der Waals surface area (Å²) in [7, 11) is 3.13. The molecule has 0 saturated heterocycles. The normalized spacial score (nSPS) is 13.7. The van der Waals surface area contributed by atoms with Crippen LogP contribution < -0.4 is 26.6 Å². The molecule has 5 N–H and O–H groups in total. The molecular weight excluding hydrogens is 702 g/mol. The fourth-order valence-electron chi connectivity index (χ4n) is 6.00. The molecule has 0 aliphatic heterocycles. The summed E-state index contributed by atoms with van der Waals surface area (Å²) in [5, 5.41) is 13.7. The summed E-state index contributed by atoms with van der Waals surface area (Å²) in [5.41, 5.74) is 1.66. The van der Waals surface area contributed by atoms with E-state index in [9.17, 15) is 28.8 Å². The molecular formula is C41H67N7O7. The molecule has 55 heavy (non-hydrogen) atoms. The van der Waals surface area contributed by atoms with E-state index in [1.807, 2.05) is 41.5 Å². The molecule has 0 fully saturated rings. The first-order valence-electron chi connectivity index (χ1n) is 19.5. The average Bonchev–Trinajstić information content (AvgIpc) is 3.13. The molecule has 0 radical (unpaired) electrons. The zero-order chi connectivity index (χ0) is 41.7. The Hall–Kier alpha value is -4.75. The molecule has 14 nitrogen and oxygen atoms in total. The Labute approximate surface area is 328 Å². The molecule has 1 aromatic rings. The second kappa shape index (κ2) is 25.4. The van der Waals surface area contributed by atoms with E-state index in [1.54, 1.807) is 37.4 Å². The van der Waals surface area contributed by atoms with Crippen LogP contribution in [0.2, 0.25) is 0 Å². The minimum atomic E-state index is -0.956. The summed E-state index contributed by atoms with van der Waals surface area (Å²) in [6.45, 7) is 19.1. The first-order chi connectivity index (χ1) is 26.0. The molecule has 14 heteroatoms. The van der Waals surface area contributed by atoms with Crippen LogP contribution in [-0.4, -0.2) is 91.0 Å². The molecule has 6 amide bonds. The van der Waals surface area contributed by atoms with Gasteiger partial charge in [0.1, 0.15) is 24.7 Å². The highest BCUT2D eigenvalue weighted by Gasteiger charge is 2.31. The zero-order valence-corrected chi connectivity index (χ0v) is 34.8. The number of anilines is 1. The van der Waals surface area contributed by atoms with E-state index in [0.717, 1.165) is 25.7 Å². The first-order valence-corrected chi connectivity index (χ1v) is 19.5. The standard InChI is InChI=1S/C41H67N7O7/c1-12-14-15-16-19-34(50)47-36(27(5)6)39(52)46-33(18-17-24-43-40(53)42-10)38(51)44-31-22-20-30(21-23-31)25-55-41(54)48(11)37(28(7)8)32(13-2)45-35(26(3)4)29(9)49/h13,20-23,26-28,33,35-37H,2,12,14-19,24-25H2,1,3-11H3,(H,44,51)(H,46,52)(H,47,50)(H2,42,43,53). The number of amides is 6. The number of ketones is 1. The lowest BCUT2D eigenvalue weighted by atomic mass is 9.95. The third-order valence-electron chi connectivity index (χ3n) is 9.11. The summed E-state index contributed by atoms with van der Waals surface area (Å²) in [6.07, 6.45) is 5.70. The van der Waals surface area contributed by atoms with Crippen molar-refractivity contribution in [2.75, 3.05) is 26.0 Å². The van der Waals surface area contributed by atoms with Crippen molar-refractivity contribution in [2.24, 2.45) is 22.7 Å². The number of unbranched alkanes of at least 4 members (excludes halogenated alkanes) is 3. The molecule has 0 saturated carbocycles. The highest BCUT2D eigenvalue weighted by Crippen LogP contribution is 2.19. The summed E-state index contributed by atoms with van der Waals surface area (Å²) in [4.78, 5) is 82.9. The maximum atomic E-state index is 13.5. The Kier molecular flexibility index (Phi) is 22.2. The van der Waals surface area contributed by atoms with Crippen molar-refractivity contribution < 1.29 is 33.5 Å². The van der Waals surface area contributed by atoms with Gasteiger partial charge in [-0.1, -0.05) is 86.4 Å². The monoisotopic (exact) mass is 770 g/mol. The van der Waals surface area contributed by atoms with Crippen molar-refractivity contribution in [1.82, 2.24) is 26.2 Å². The lowest BCUT2D eigenvalue weighted by molar-refractivity contribution is -0.132. The van der Waals surface area contributed by atoms with Crippen molar-refractivity contribution in [3.05, 3.63) is 42.5 Å². The van der Waals surface area contributed by atoms with Crippen LogP contribution in [0.1, 0.15) is 106 Å². The third kappa shape index (κ3) is 17.5. The Morgan fingerprint density at radius 3 is 2.05 bits per heavy atom. The van der Waals surface area contributed by atoms with Crippen LogP contribution in [0.15, 0.2) is 41.9 Å². The van der Waals surface area contributed by atoms with Crippen LogP contribution in [-0.2, 0) is 30.5 Å². The van der Waals surface area contributed by atoms with Gasteiger partial charge in [0.25, 0.3) is 0 Å². The van der Waals surface area contributed by atoms with E-state index < -0.39 is 42.1 Å². The second-order valence-corrected chi connectivity index (χ2v) is 14.9. The van der Waals surface area contributed by atoms with Crippen LogP contribution in [0.5, 0.6) is 0 Å². The predicted octanol–water partition coefficient (Wildman–Crippen LogP) is 5.76. The Bertz CT molecular complexity index is 1440. The van der Waals surface area contributed by atoms with E-state index in [-0.39, 0.29) is 55.0 Å². The molecule has 4 unspecified atom stereocenters. The Morgan fingerprint density at radius 1 is 0.873 bits per heavy atom. The number of Topliss-reactive ketones (excluding diaryl/α,β-unsaturated/α-hetero) is 1. The molecule has 1 aromatic carbocycles. The molecule has 1 rings (SSSR count). The van der Waals surface area contributed by atoms with E-state index in [0.29, 0.717) is 29.8 Å². The van der Waals surface area contributed by atoms with E-state index >= 15 is 0 Å². The molecule has 0 aromatic heterocycles. The van der Waals surface area contributed by atoms with Gasteiger partial charge in [-0.05, 0) is 67.7 Å². The highest BCUT2D eigenvalue weighted by molar-refractivity contribution is 6.02. The largest absolute Gasteiger partial charge is 0.445 e. The first kappa shape index (κ1) is 48.3. The quantitative estimate of drug-likeness (QED) is 0.0653. The summed E-state index contributed by atoms with van der Waals surface area (Å²) < 4.78 is 5.63. The Balaban J connectivity index is 3.04. The smallest absolute Gasteiger partial charge is 0.410 e. The van der Waals surface area contributed by atoms with Gasteiger partial charge < -0.3 is 36.2 Å². The van der Waals surface area contributed by atoms with Gasteiger partial charge in [-0.2, -0.15) is 0 Å². The van der Waals surface area contributed by atoms with Gasteiger partial charge in [-0.15, -0.1) is 0 Å². The SMILES string of the molecule is C=CC(=NC(C(C)=O)C(C)C)C(C(C)C)N(C)C(=O)OCc1ccc(NC(=O)C(CCCNC(=O)NC)NC(=O)C(NC(=O)CCCCCC)C(C)C)cc1. The lowest BCUT2D eigenvalue weighted by Gasteiger charge is -2.31. The number of carbonyl (C=O) groups excluding carboxylic acids is 6. The number of nitrogens with zero attached hydrogens (tertiary/aromatic N) is 2. The van der Waals surface area contributed by atoms with Crippen LogP contribution in [0.25, 0.3) is 0 Å². The number of urea groups is 1. The van der Waals surface area contributed by atoms with Crippen molar-refractivity contribution in [2.45, 2.75) is 131 Å². The maximum absolute atomic E-state index is 13.5. The van der Waals surface area contributed by atoms with Crippen LogP contribution in [0.3, 0.4) is 0 Å². The predicted molar refractivity (Wildman–Crippen MR) is 218 cm³/mol. The van der Waals surface area contributed by atoms with Gasteiger partial charge in [0.05, 0.1) is 11.8 Å². The van der Waals surface area contributed by atoms with Gasteiger partial charge in [-0.25, -0.2) is 9.59 Å². The minimum Gasteiger partial charge on any atom is -0.445 e. The third-order valence-corrected chi connectivity index (χ3v) is 9.11. The fourth-order valence-corrected chi connectivity index (χ4v) is 6.00. The van der Waals surface area contributed by atoms with Crippen molar-refractivity contribution >= 4 is 47.0 Å². The van der Waals surface area contributed by atoms with Gasteiger partial charge in [0.2, 0.25) is 17.7 Å². The molecule has 0 bridgehead atoms. The van der Waals surface area contributed by atoms with Crippen LogP contribution in [0.4, 0.5) is 15.3 Å². The van der Waals surface area contributed by atoms with Gasteiger partial charge in [-0.3, -0.25) is 24.2 Å². The molecule has 0 aliphatic carbocycles. The van der Waals surface area contributed by atoms with E-state index in [4.69, 9.17) is 4.74 Å². The number of carbonyl (C=O) groups is 6.